The quantitative estimate of drug-likeness (QED) is 0.821. The third-order valence-electron chi connectivity index (χ3n) is 4.27. The number of benzene rings is 1. The number of hydrogen-bond acceptors (Lipinski definition) is 2. The van der Waals surface area contributed by atoms with E-state index in [1.54, 1.807) is 0 Å². The van der Waals surface area contributed by atoms with Gasteiger partial charge in [-0.1, -0.05) is 38.1 Å². The van der Waals surface area contributed by atoms with Crippen molar-refractivity contribution in [1.29, 1.82) is 0 Å². The van der Waals surface area contributed by atoms with E-state index < -0.39 is 0 Å². The van der Waals surface area contributed by atoms with Crippen molar-refractivity contribution < 1.29 is 4.84 Å². The molecule has 1 aliphatic carbocycles. The predicted octanol–water partition coefficient (Wildman–Crippen LogP) is 3.80. The van der Waals surface area contributed by atoms with Crippen LogP contribution in [0.1, 0.15) is 56.6 Å². The molecule has 0 saturated heterocycles. The van der Waals surface area contributed by atoms with Crippen molar-refractivity contribution in [3.05, 3.63) is 35.4 Å². The molecule has 2 N–H and O–H groups in total. The summed E-state index contributed by atoms with van der Waals surface area (Å²) in [4.78, 5) is 4.66. The largest absolute Gasteiger partial charge is 0.304 e. The molecule has 1 saturated carbocycles. The highest BCUT2D eigenvalue weighted by Gasteiger charge is 2.27. The van der Waals surface area contributed by atoms with Gasteiger partial charge >= 0.3 is 0 Å². The molecule has 1 fully saturated rings. The molecule has 0 aromatic heterocycles. The van der Waals surface area contributed by atoms with Crippen LogP contribution in [0.25, 0.3) is 0 Å². The van der Waals surface area contributed by atoms with Crippen LogP contribution in [0.3, 0.4) is 0 Å². The van der Waals surface area contributed by atoms with Crippen molar-refractivity contribution in [3.8, 4) is 0 Å². The molecular weight excluding hydrogens is 222 g/mol. The fraction of sp³-hybridized carbons (Fsp3) is 0.625. The van der Waals surface area contributed by atoms with Crippen LogP contribution in [0.15, 0.2) is 24.3 Å². The Kier molecular flexibility index (Phi) is 4.41. The monoisotopic (exact) mass is 247 g/mol. The molecular formula is C16H25NO. The zero-order chi connectivity index (χ0) is 13.0. The molecule has 0 amide bonds. The van der Waals surface area contributed by atoms with E-state index >= 15 is 0 Å². The average Bonchev–Trinajstić information content (AvgIpc) is 2.37. The van der Waals surface area contributed by atoms with Crippen LogP contribution < -0.4 is 5.90 Å². The van der Waals surface area contributed by atoms with Gasteiger partial charge < -0.3 is 4.84 Å². The average molecular weight is 247 g/mol. The van der Waals surface area contributed by atoms with Crippen molar-refractivity contribution in [1.82, 2.24) is 0 Å². The third-order valence-corrected chi connectivity index (χ3v) is 4.27. The Morgan fingerprint density at radius 1 is 1.28 bits per heavy atom. The number of rotatable bonds is 4. The summed E-state index contributed by atoms with van der Waals surface area (Å²) in [5, 5.41) is 0. The Hall–Kier alpha value is -0.860. The van der Waals surface area contributed by atoms with E-state index in [2.05, 4.69) is 43.0 Å². The van der Waals surface area contributed by atoms with E-state index in [0.717, 1.165) is 12.3 Å². The summed E-state index contributed by atoms with van der Waals surface area (Å²) >= 11 is 0. The molecule has 1 aromatic rings. The smallest absolute Gasteiger partial charge is 0.0719 e. The molecule has 0 bridgehead atoms. The molecule has 100 valence electrons. The molecule has 1 aliphatic rings. The summed E-state index contributed by atoms with van der Waals surface area (Å²) in [5.74, 6) is 5.83. The van der Waals surface area contributed by atoms with Crippen LogP contribution in [0.4, 0.5) is 0 Å². The minimum atomic E-state index is 0.543. The maximum Gasteiger partial charge on any atom is 0.0719 e. The first-order valence-corrected chi connectivity index (χ1v) is 7.01. The van der Waals surface area contributed by atoms with Crippen molar-refractivity contribution >= 4 is 0 Å². The van der Waals surface area contributed by atoms with Gasteiger partial charge in [-0.2, -0.15) is 0 Å². The van der Waals surface area contributed by atoms with Crippen molar-refractivity contribution in [3.63, 3.8) is 0 Å². The van der Waals surface area contributed by atoms with E-state index in [1.807, 2.05) is 0 Å². The summed E-state index contributed by atoms with van der Waals surface area (Å²) in [5.41, 5.74) is 3.38. The lowest BCUT2D eigenvalue weighted by Gasteiger charge is -2.34. The van der Waals surface area contributed by atoms with E-state index in [0.29, 0.717) is 12.0 Å². The second kappa shape index (κ2) is 5.85. The molecule has 0 atom stereocenters. The number of nitrogens with two attached hydrogens (primary N) is 1. The third kappa shape index (κ3) is 3.56. The lowest BCUT2D eigenvalue weighted by molar-refractivity contribution is 0.141. The maximum atomic E-state index is 5.09. The van der Waals surface area contributed by atoms with Crippen molar-refractivity contribution in [2.75, 3.05) is 6.61 Å². The lowest BCUT2D eigenvalue weighted by Crippen LogP contribution is -2.20. The Morgan fingerprint density at radius 3 is 2.67 bits per heavy atom. The van der Waals surface area contributed by atoms with Crippen LogP contribution >= 0.6 is 0 Å². The highest BCUT2D eigenvalue weighted by Crippen LogP contribution is 2.42. The normalized spacial score (nSPS) is 19.9. The molecule has 1 aromatic carbocycles. The topological polar surface area (TPSA) is 35.2 Å². The van der Waals surface area contributed by atoms with E-state index in [4.69, 9.17) is 5.90 Å². The van der Waals surface area contributed by atoms with Gasteiger partial charge in [-0.25, -0.2) is 5.90 Å². The molecule has 0 radical (unpaired) electrons. The molecule has 2 rings (SSSR count). The molecule has 0 unspecified atom stereocenters. The minimum absolute atomic E-state index is 0.543. The summed E-state index contributed by atoms with van der Waals surface area (Å²) in [6, 6.07) is 8.94. The Morgan fingerprint density at radius 2 is 2.00 bits per heavy atom. The van der Waals surface area contributed by atoms with E-state index in [-0.39, 0.29) is 0 Å². The maximum absolute atomic E-state index is 5.09. The highest BCUT2D eigenvalue weighted by atomic mass is 16.6. The molecule has 2 nitrogen and oxygen atoms in total. The summed E-state index contributed by atoms with van der Waals surface area (Å²) in [7, 11) is 0. The van der Waals surface area contributed by atoms with Gasteiger partial charge in [-0.3, -0.25) is 0 Å². The first-order valence-electron chi connectivity index (χ1n) is 7.01. The summed E-state index contributed by atoms with van der Waals surface area (Å²) < 4.78 is 0. The zero-order valence-electron chi connectivity index (χ0n) is 11.6. The first kappa shape index (κ1) is 13.6. The van der Waals surface area contributed by atoms with E-state index in [9.17, 15) is 0 Å². The van der Waals surface area contributed by atoms with Crippen LogP contribution in [0.5, 0.6) is 0 Å². The van der Waals surface area contributed by atoms with Crippen molar-refractivity contribution in [2.24, 2.45) is 11.3 Å². The first-order chi connectivity index (χ1) is 8.61. The second-order valence-electron chi connectivity index (χ2n) is 6.30. The number of hydrogen-bond donors (Lipinski definition) is 1. The van der Waals surface area contributed by atoms with Gasteiger partial charge in [0.25, 0.3) is 0 Å². The second-order valence-corrected chi connectivity index (χ2v) is 6.30. The Bertz CT molecular complexity index is 376. The van der Waals surface area contributed by atoms with Crippen LogP contribution in [0.2, 0.25) is 0 Å². The van der Waals surface area contributed by atoms with Crippen molar-refractivity contribution in [2.45, 2.75) is 51.9 Å². The molecule has 18 heavy (non-hydrogen) atoms. The summed E-state index contributed by atoms with van der Waals surface area (Å²) in [6.07, 6.45) is 6.23. The van der Waals surface area contributed by atoms with Crippen LogP contribution in [-0.4, -0.2) is 6.61 Å². The molecule has 0 aliphatic heterocycles. The van der Waals surface area contributed by atoms with Crippen LogP contribution in [-0.2, 0) is 11.3 Å². The predicted molar refractivity (Wildman–Crippen MR) is 75.3 cm³/mol. The van der Waals surface area contributed by atoms with Gasteiger partial charge in [0.1, 0.15) is 0 Å². The SMILES string of the molecule is CC1(C)CCC(c2cccc(CCON)c2)CC1. The minimum Gasteiger partial charge on any atom is -0.304 e. The van der Waals surface area contributed by atoms with Gasteiger partial charge in [-0.05, 0) is 54.6 Å². The Labute approximate surface area is 110 Å². The standard InChI is InChI=1S/C16H25NO/c1-16(2)9-6-14(7-10-16)15-5-3-4-13(12-15)8-11-18-17/h3-5,12,14H,6-11,17H2,1-2H3. The fourth-order valence-electron chi connectivity index (χ4n) is 2.91. The van der Waals surface area contributed by atoms with Gasteiger partial charge in [0, 0.05) is 0 Å². The van der Waals surface area contributed by atoms with Gasteiger partial charge in [0.15, 0.2) is 0 Å². The zero-order valence-corrected chi connectivity index (χ0v) is 11.6. The van der Waals surface area contributed by atoms with Gasteiger partial charge in [0.2, 0.25) is 0 Å². The lowest BCUT2D eigenvalue weighted by atomic mass is 9.71. The fourth-order valence-corrected chi connectivity index (χ4v) is 2.91. The van der Waals surface area contributed by atoms with Gasteiger partial charge in [-0.15, -0.1) is 0 Å². The highest BCUT2D eigenvalue weighted by molar-refractivity contribution is 5.27. The van der Waals surface area contributed by atoms with Crippen LogP contribution in [0, 0.1) is 5.41 Å². The summed E-state index contributed by atoms with van der Waals surface area (Å²) in [6.45, 7) is 5.37. The molecule has 0 spiro atoms. The molecule has 2 heteroatoms. The van der Waals surface area contributed by atoms with E-state index in [1.165, 1.54) is 36.8 Å². The van der Waals surface area contributed by atoms with Gasteiger partial charge in [0.05, 0.1) is 6.61 Å². The molecule has 0 heterocycles. The Balaban J connectivity index is 2.00.